The van der Waals surface area contributed by atoms with E-state index >= 15 is 0 Å². The minimum atomic E-state index is 0.0628. The number of aryl methyl sites for hydroxylation is 2. The highest BCUT2D eigenvalue weighted by molar-refractivity contribution is 5.82. The SMILES string of the molecule is CC#CCN(C)/N=c1/c(-c2cc(C)nc(CC)c2)c(-c2ccccc2)nc(N)n1C=O. The summed E-state index contributed by atoms with van der Waals surface area (Å²) in [5, 5.41) is 6.38. The van der Waals surface area contributed by atoms with Crippen molar-refractivity contribution in [2.24, 2.45) is 5.10 Å². The average Bonchev–Trinajstić information content (AvgIpc) is 2.77. The van der Waals surface area contributed by atoms with Crippen LogP contribution in [0.3, 0.4) is 0 Å². The molecule has 158 valence electrons. The zero-order valence-electron chi connectivity index (χ0n) is 18.3. The molecule has 0 aliphatic rings. The van der Waals surface area contributed by atoms with Crippen LogP contribution in [0.4, 0.5) is 5.95 Å². The highest BCUT2D eigenvalue weighted by Crippen LogP contribution is 2.29. The molecule has 31 heavy (non-hydrogen) atoms. The zero-order valence-corrected chi connectivity index (χ0v) is 18.3. The molecule has 2 aromatic heterocycles. The summed E-state index contributed by atoms with van der Waals surface area (Å²) >= 11 is 0. The van der Waals surface area contributed by atoms with Crippen molar-refractivity contribution in [1.29, 1.82) is 0 Å². The normalized spacial score (nSPS) is 11.0. The largest absolute Gasteiger partial charge is 0.369 e. The summed E-state index contributed by atoms with van der Waals surface area (Å²) in [5.74, 6) is 5.90. The van der Waals surface area contributed by atoms with Crippen molar-refractivity contribution < 1.29 is 4.79 Å². The molecule has 0 fully saturated rings. The van der Waals surface area contributed by atoms with Crippen LogP contribution in [0.25, 0.3) is 22.4 Å². The lowest BCUT2D eigenvalue weighted by molar-refractivity contribution is 0.381. The van der Waals surface area contributed by atoms with Gasteiger partial charge in [0, 0.05) is 24.0 Å². The minimum absolute atomic E-state index is 0.0628. The van der Waals surface area contributed by atoms with Crippen LogP contribution >= 0.6 is 0 Å². The number of nitrogen functional groups attached to an aromatic ring is 1. The number of pyridine rings is 1. The fraction of sp³-hybridized carbons (Fsp3) is 0.250. The second-order valence-electron chi connectivity index (χ2n) is 7.04. The van der Waals surface area contributed by atoms with Gasteiger partial charge in [-0.05, 0) is 38.0 Å². The Balaban J connectivity index is 2.46. The number of hydrogen-bond acceptors (Lipinski definition) is 6. The number of nitrogens with zero attached hydrogens (tertiary/aromatic N) is 5. The van der Waals surface area contributed by atoms with E-state index in [4.69, 9.17) is 10.8 Å². The third-order valence-corrected chi connectivity index (χ3v) is 4.72. The molecule has 7 heteroatoms. The molecule has 0 amide bonds. The van der Waals surface area contributed by atoms with E-state index in [1.54, 1.807) is 19.0 Å². The molecule has 0 spiro atoms. The standard InChI is InChI=1S/C24H26N6O/c1-5-7-13-29(4)28-23-21(19-14-17(3)26-20(6-2)15-19)22(18-11-9-8-10-12-18)27-24(25)30(23)16-31/h8-12,14-16H,6,13H2,1-4H3,(H2,25,27)/b28-23-. The zero-order chi connectivity index (χ0) is 22.4. The Morgan fingerprint density at radius 1 is 1.19 bits per heavy atom. The van der Waals surface area contributed by atoms with E-state index < -0.39 is 0 Å². The lowest BCUT2D eigenvalue weighted by Gasteiger charge is -2.17. The van der Waals surface area contributed by atoms with Crippen LogP contribution in [-0.2, 0) is 11.2 Å². The molecule has 0 saturated carbocycles. The molecule has 0 aliphatic heterocycles. The van der Waals surface area contributed by atoms with Crippen molar-refractivity contribution in [3.8, 4) is 34.2 Å². The monoisotopic (exact) mass is 414 g/mol. The maximum atomic E-state index is 12.0. The van der Waals surface area contributed by atoms with E-state index in [0.717, 1.165) is 28.9 Å². The quantitative estimate of drug-likeness (QED) is 0.381. The van der Waals surface area contributed by atoms with Gasteiger partial charge in [-0.1, -0.05) is 43.2 Å². The Kier molecular flexibility index (Phi) is 6.83. The number of benzene rings is 1. The summed E-state index contributed by atoms with van der Waals surface area (Å²) < 4.78 is 1.26. The van der Waals surface area contributed by atoms with Crippen LogP contribution in [0.1, 0.15) is 25.2 Å². The number of anilines is 1. The lowest BCUT2D eigenvalue weighted by Crippen LogP contribution is -2.31. The fourth-order valence-corrected chi connectivity index (χ4v) is 3.29. The van der Waals surface area contributed by atoms with Gasteiger partial charge in [-0.3, -0.25) is 14.8 Å². The summed E-state index contributed by atoms with van der Waals surface area (Å²) in [6, 6.07) is 13.7. The second-order valence-corrected chi connectivity index (χ2v) is 7.04. The van der Waals surface area contributed by atoms with Gasteiger partial charge in [-0.25, -0.2) is 9.55 Å². The molecule has 0 radical (unpaired) electrons. The third kappa shape index (κ3) is 4.81. The van der Waals surface area contributed by atoms with Crippen molar-refractivity contribution in [1.82, 2.24) is 19.5 Å². The summed E-state index contributed by atoms with van der Waals surface area (Å²) in [5.41, 5.74) is 11.5. The van der Waals surface area contributed by atoms with E-state index in [1.807, 2.05) is 49.4 Å². The number of nitrogens with two attached hydrogens (primary N) is 1. The van der Waals surface area contributed by atoms with Gasteiger partial charge < -0.3 is 5.73 Å². The number of carbonyl (C=O) groups excluding carboxylic acids is 1. The van der Waals surface area contributed by atoms with Crippen LogP contribution in [-0.4, -0.2) is 39.5 Å². The highest BCUT2D eigenvalue weighted by atomic mass is 16.1. The molecule has 1 aromatic carbocycles. The molecular weight excluding hydrogens is 388 g/mol. The Morgan fingerprint density at radius 3 is 2.58 bits per heavy atom. The van der Waals surface area contributed by atoms with Gasteiger partial charge in [0.25, 0.3) is 0 Å². The summed E-state index contributed by atoms with van der Waals surface area (Å²) in [6.45, 7) is 6.18. The van der Waals surface area contributed by atoms with E-state index in [1.165, 1.54) is 4.57 Å². The van der Waals surface area contributed by atoms with E-state index in [9.17, 15) is 4.79 Å². The predicted octanol–water partition coefficient (Wildman–Crippen LogP) is 2.87. The van der Waals surface area contributed by atoms with Crippen molar-refractivity contribution in [3.05, 3.63) is 59.3 Å². The molecule has 0 aliphatic carbocycles. The van der Waals surface area contributed by atoms with Crippen LogP contribution in [0, 0.1) is 18.8 Å². The molecule has 3 aromatic rings. The van der Waals surface area contributed by atoms with Crippen molar-refractivity contribution in [3.63, 3.8) is 0 Å². The highest BCUT2D eigenvalue weighted by Gasteiger charge is 2.18. The smallest absolute Gasteiger partial charge is 0.222 e. The van der Waals surface area contributed by atoms with Crippen molar-refractivity contribution in [2.75, 3.05) is 19.3 Å². The molecule has 2 heterocycles. The molecule has 0 unspecified atom stereocenters. The first-order chi connectivity index (χ1) is 15.0. The Morgan fingerprint density at radius 2 is 1.94 bits per heavy atom. The summed E-state index contributed by atoms with van der Waals surface area (Å²) in [6.07, 6.45) is 1.41. The first-order valence-electron chi connectivity index (χ1n) is 10.0. The van der Waals surface area contributed by atoms with E-state index in [0.29, 0.717) is 29.7 Å². The number of rotatable bonds is 6. The van der Waals surface area contributed by atoms with Crippen LogP contribution in [0.2, 0.25) is 0 Å². The molecule has 0 bridgehead atoms. The average molecular weight is 415 g/mol. The van der Waals surface area contributed by atoms with Crippen LogP contribution in [0.5, 0.6) is 0 Å². The molecule has 3 rings (SSSR count). The Hall–Kier alpha value is -3.92. The lowest BCUT2D eigenvalue weighted by atomic mass is 9.99. The van der Waals surface area contributed by atoms with Gasteiger partial charge in [0.05, 0.1) is 17.8 Å². The molecule has 0 saturated heterocycles. The maximum absolute atomic E-state index is 12.0. The molecular formula is C24H26N6O. The van der Waals surface area contributed by atoms with E-state index in [2.05, 4.69) is 28.7 Å². The maximum Gasteiger partial charge on any atom is 0.222 e. The van der Waals surface area contributed by atoms with Gasteiger partial charge in [0.2, 0.25) is 12.4 Å². The third-order valence-electron chi connectivity index (χ3n) is 4.72. The molecule has 0 atom stereocenters. The number of aromatic nitrogens is 3. The number of carbonyl (C=O) groups is 1. The number of hydrogen-bond donors (Lipinski definition) is 1. The van der Waals surface area contributed by atoms with Crippen molar-refractivity contribution >= 4 is 12.4 Å². The summed E-state index contributed by atoms with van der Waals surface area (Å²) in [4.78, 5) is 21.2. The van der Waals surface area contributed by atoms with Crippen LogP contribution in [0.15, 0.2) is 47.6 Å². The van der Waals surface area contributed by atoms with Gasteiger partial charge in [0.1, 0.15) is 0 Å². The molecule has 7 nitrogen and oxygen atoms in total. The summed E-state index contributed by atoms with van der Waals surface area (Å²) in [7, 11) is 1.80. The first kappa shape index (κ1) is 21.8. The van der Waals surface area contributed by atoms with Gasteiger partial charge >= 0.3 is 0 Å². The topological polar surface area (TPSA) is 89.4 Å². The predicted molar refractivity (Wildman–Crippen MR) is 123 cm³/mol. The second kappa shape index (κ2) is 9.72. The first-order valence-corrected chi connectivity index (χ1v) is 10.0. The van der Waals surface area contributed by atoms with Gasteiger partial charge in [0.15, 0.2) is 5.49 Å². The Bertz CT molecular complexity index is 1220. The van der Waals surface area contributed by atoms with Crippen molar-refractivity contribution in [2.45, 2.75) is 27.2 Å². The van der Waals surface area contributed by atoms with E-state index in [-0.39, 0.29) is 5.95 Å². The molecule has 2 N–H and O–H groups in total. The van der Waals surface area contributed by atoms with Gasteiger partial charge in [-0.2, -0.15) is 5.10 Å². The van der Waals surface area contributed by atoms with Crippen LogP contribution < -0.4 is 11.2 Å². The minimum Gasteiger partial charge on any atom is -0.369 e. The Labute approximate surface area is 182 Å². The fourth-order valence-electron chi connectivity index (χ4n) is 3.29. The van der Waals surface area contributed by atoms with Gasteiger partial charge in [-0.15, -0.1) is 5.92 Å².